The van der Waals surface area contributed by atoms with Crippen LogP contribution in [-0.2, 0) is 13.0 Å². The molecule has 1 aromatic heterocycles. The molecule has 3 aromatic rings. The number of anilines is 3. The highest BCUT2D eigenvalue weighted by atomic mass is 16.2. The average molecular weight is 399 g/mol. The van der Waals surface area contributed by atoms with Crippen LogP contribution in [0, 0.1) is 0 Å². The Hall–Kier alpha value is -3.41. The van der Waals surface area contributed by atoms with E-state index in [1.807, 2.05) is 23.1 Å². The Morgan fingerprint density at radius 1 is 0.833 bits per heavy atom. The van der Waals surface area contributed by atoms with E-state index in [0.717, 1.165) is 25.2 Å². The van der Waals surface area contributed by atoms with Crippen LogP contribution in [0.1, 0.15) is 34.5 Å². The van der Waals surface area contributed by atoms with Gasteiger partial charge in [0.1, 0.15) is 0 Å². The predicted molar refractivity (Wildman–Crippen MR) is 118 cm³/mol. The lowest BCUT2D eigenvalue weighted by Gasteiger charge is -2.28. The lowest BCUT2D eigenvalue weighted by atomic mass is 10.00. The normalized spacial score (nSPS) is 15.7. The van der Waals surface area contributed by atoms with Crippen LogP contribution in [0.3, 0.4) is 0 Å². The standard InChI is InChI=1S/C24H25N5O/c30-24(29-16-13-18-5-1-2-6-19(18)17-29)22-11-12-23(27-26-22)25-20-7-9-21(10-8-20)28-14-3-4-15-28/h1-2,5-12H,3-4,13-17H2,(H,25,27). The van der Waals surface area contributed by atoms with Crippen LogP contribution >= 0.6 is 0 Å². The molecule has 0 spiro atoms. The number of hydrogen-bond donors (Lipinski definition) is 1. The minimum absolute atomic E-state index is 0.0708. The van der Waals surface area contributed by atoms with Gasteiger partial charge in [-0.2, -0.15) is 0 Å². The van der Waals surface area contributed by atoms with E-state index in [9.17, 15) is 4.79 Å². The first-order valence-electron chi connectivity index (χ1n) is 10.6. The maximum absolute atomic E-state index is 12.8. The third-order valence-electron chi connectivity index (χ3n) is 5.91. The first-order valence-corrected chi connectivity index (χ1v) is 10.6. The van der Waals surface area contributed by atoms with E-state index in [2.05, 4.69) is 56.8 Å². The highest BCUT2D eigenvalue weighted by Gasteiger charge is 2.22. The molecule has 6 nitrogen and oxygen atoms in total. The zero-order chi connectivity index (χ0) is 20.3. The topological polar surface area (TPSA) is 61.4 Å². The quantitative estimate of drug-likeness (QED) is 0.718. The monoisotopic (exact) mass is 399 g/mol. The van der Waals surface area contributed by atoms with Gasteiger partial charge in [-0.1, -0.05) is 24.3 Å². The van der Waals surface area contributed by atoms with Gasteiger partial charge in [-0.15, -0.1) is 10.2 Å². The maximum Gasteiger partial charge on any atom is 0.274 e. The molecule has 30 heavy (non-hydrogen) atoms. The number of hydrogen-bond acceptors (Lipinski definition) is 5. The van der Waals surface area contributed by atoms with Crippen molar-refractivity contribution in [3.8, 4) is 0 Å². The molecule has 2 aliphatic heterocycles. The lowest BCUT2D eigenvalue weighted by Crippen LogP contribution is -2.36. The summed E-state index contributed by atoms with van der Waals surface area (Å²) in [5.41, 5.74) is 5.13. The van der Waals surface area contributed by atoms with Crippen LogP contribution in [0.25, 0.3) is 0 Å². The summed E-state index contributed by atoms with van der Waals surface area (Å²) in [6, 6.07) is 20.2. The van der Waals surface area contributed by atoms with Gasteiger partial charge >= 0.3 is 0 Å². The van der Waals surface area contributed by atoms with Gasteiger partial charge in [-0.3, -0.25) is 4.79 Å². The minimum atomic E-state index is -0.0708. The number of carbonyl (C=O) groups is 1. The molecule has 6 heteroatoms. The number of fused-ring (bicyclic) bond motifs is 1. The summed E-state index contributed by atoms with van der Waals surface area (Å²) in [5, 5.41) is 11.7. The predicted octanol–water partition coefficient (Wildman–Crippen LogP) is 4.02. The number of nitrogens with one attached hydrogen (secondary N) is 1. The highest BCUT2D eigenvalue weighted by Crippen LogP contribution is 2.24. The van der Waals surface area contributed by atoms with Crippen molar-refractivity contribution in [3.63, 3.8) is 0 Å². The third kappa shape index (κ3) is 3.85. The Bertz CT molecular complexity index is 1030. The molecular formula is C24H25N5O. The molecule has 5 rings (SSSR count). The van der Waals surface area contributed by atoms with E-state index in [1.165, 1.54) is 29.7 Å². The molecule has 1 N–H and O–H groups in total. The summed E-state index contributed by atoms with van der Waals surface area (Å²) in [6.45, 7) is 3.60. The first kappa shape index (κ1) is 18.6. The Kier molecular flexibility index (Phi) is 5.05. The Morgan fingerprint density at radius 3 is 2.33 bits per heavy atom. The van der Waals surface area contributed by atoms with Crippen LogP contribution in [-0.4, -0.2) is 40.6 Å². The van der Waals surface area contributed by atoms with Crippen molar-refractivity contribution in [2.24, 2.45) is 0 Å². The molecule has 1 fully saturated rings. The van der Waals surface area contributed by atoms with Gasteiger partial charge in [0.2, 0.25) is 0 Å². The second-order valence-corrected chi connectivity index (χ2v) is 7.92. The maximum atomic E-state index is 12.8. The van der Waals surface area contributed by atoms with Crippen LogP contribution < -0.4 is 10.2 Å². The number of amides is 1. The molecule has 152 valence electrons. The largest absolute Gasteiger partial charge is 0.372 e. The van der Waals surface area contributed by atoms with Crippen LogP contribution in [0.4, 0.5) is 17.2 Å². The number of nitrogens with zero attached hydrogens (tertiary/aromatic N) is 4. The van der Waals surface area contributed by atoms with Gasteiger partial charge in [0, 0.05) is 37.6 Å². The molecule has 2 aromatic carbocycles. The highest BCUT2D eigenvalue weighted by molar-refractivity contribution is 5.92. The van der Waals surface area contributed by atoms with E-state index in [-0.39, 0.29) is 5.91 Å². The second kappa shape index (κ2) is 8.14. The molecular weight excluding hydrogens is 374 g/mol. The van der Waals surface area contributed by atoms with E-state index in [1.54, 1.807) is 6.07 Å². The molecule has 0 bridgehead atoms. The fourth-order valence-corrected chi connectivity index (χ4v) is 4.22. The van der Waals surface area contributed by atoms with Gasteiger partial charge in [0.25, 0.3) is 5.91 Å². The zero-order valence-electron chi connectivity index (χ0n) is 16.9. The Balaban J connectivity index is 1.23. The number of carbonyl (C=O) groups excluding carboxylic acids is 1. The lowest BCUT2D eigenvalue weighted by molar-refractivity contribution is 0.0727. The van der Waals surface area contributed by atoms with Crippen molar-refractivity contribution in [2.45, 2.75) is 25.8 Å². The van der Waals surface area contributed by atoms with Crippen molar-refractivity contribution in [1.29, 1.82) is 0 Å². The molecule has 0 aliphatic carbocycles. The van der Waals surface area contributed by atoms with Gasteiger partial charge in [0.05, 0.1) is 0 Å². The summed E-state index contributed by atoms with van der Waals surface area (Å²) < 4.78 is 0. The Morgan fingerprint density at radius 2 is 1.60 bits per heavy atom. The molecule has 2 aliphatic rings. The molecule has 0 unspecified atom stereocenters. The van der Waals surface area contributed by atoms with E-state index in [4.69, 9.17) is 0 Å². The summed E-state index contributed by atoms with van der Waals surface area (Å²) in [6.07, 6.45) is 3.41. The number of rotatable bonds is 4. The summed E-state index contributed by atoms with van der Waals surface area (Å²) in [5.74, 6) is 0.558. The molecule has 3 heterocycles. The molecule has 1 saturated heterocycles. The van der Waals surface area contributed by atoms with E-state index < -0.39 is 0 Å². The van der Waals surface area contributed by atoms with Crippen molar-refractivity contribution >= 4 is 23.1 Å². The van der Waals surface area contributed by atoms with Crippen LogP contribution in [0.2, 0.25) is 0 Å². The van der Waals surface area contributed by atoms with Crippen molar-refractivity contribution < 1.29 is 4.79 Å². The first-order chi connectivity index (χ1) is 14.8. The SMILES string of the molecule is O=C(c1ccc(Nc2ccc(N3CCCC3)cc2)nn1)N1CCc2ccccc2C1. The fourth-order valence-electron chi connectivity index (χ4n) is 4.22. The zero-order valence-corrected chi connectivity index (χ0v) is 16.9. The molecule has 0 radical (unpaired) electrons. The summed E-state index contributed by atoms with van der Waals surface area (Å²) in [4.78, 5) is 17.1. The summed E-state index contributed by atoms with van der Waals surface area (Å²) in [7, 11) is 0. The van der Waals surface area contributed by atoms with E-state index >= 15 is 0 Å². The second-order valence-electron chi connectivity index (χ2n) is 7.92. The van der Waals surface area contributed by atoms with Crippen molar-refractivity contribution in [3.05, 3.63) is 77.5 Å². The van der Waals surface area contributed by atoms with Gasteiger partial charge in [-0.25, -0.2) is 0 Å². The molecule has 0 saturated carbocycles. The van der Waals surface area contributed by atoms with Crippen LogP contribution in [0.15, 0.2) is 60.7 Å². The van der Waals surface area contributed by atoms with Gasteiger partial charge < -0.3 is 15.1 Å². The number of benzene rings is 2. The fraction of sp³-hybridized carbons (Fsp3) is 0.292. The number of aromatic nitrogens is 2. The smallest absolute Gasteiger partial charge is 0.274 e. The molecule has 1 amide bonds. The third-order valence-corrected chi connectivity index (χ3v) is 5.91. The molecule has 0 atom stereocenters. The summed E-state index contributed by atoms with van der Waals surface area (Å²) >= 11 is 0. The minimum Gasteiger partial charge on any atom is -0.372 e. The van der Waals surface area contributed by atoms with E-state index in [0.29, 0.717) is 24.6 Å². The van der Waals surface area contributed by atoms with Gasteiger partial charge in [0.15, 0.2) is 11.5 Å². The van der Waals surface area contributed by atoms with Gasteiger partial charge in [-0.05, 0) is 66.8 Å². The Labute approximate surface area is 176 Å². The van der Waals surface area contributed by atoms with Crippen molar-refractivity contribution in [1.82, 2.24) is 15.1 Å². The average Bonchev–Trinajstić information content (AvgIpc) is 3.34. The van der Waals surface area contributed by atoms with Crippen molar-refractivity contribution in [2.75, 3.05) is 29.9 Å². The van der Waals surface area contributed by atoms with Crippen LogP contribution in [0.5, 0.6) is 0 Å².